The van der Waals surface area contributed by atoms with E-state index in [0.29, 0.717) is 17.8 Å². The second-order valence-corrected chi connectivity index (χ2v) is 8.29. The van der Waals surface area contributed by atoms with E-state index in [0.717, 1.165) is 10.7 Å². The molecule has 2 rings (SSSR count). The average molecular weight is 429 g/mol. The Labute approximate surface area is 155 Å². The van der Waals surface area contributed by atoms with E-state index in [-0.39, 0.29) is 18.9 Å². The fraction of sp³-hybridized carbons (Fsp3) is 0.235. The lowest BCUT2D eigenvalue weighted by atomic mass is 10.2. The second kappa shape index (κ2) is 8.44. The molecule has 0 heterocycles. The van der Waals surface area contributed by atoms with Crippen LogP contribution in [0.15, 0.2) is 53.0 Å². The minimum Gasteiger partial charge on any atom is -0.326 e. The van der Waals surface area contributed by atoms with Crippen molar-refractivity contribution in [3.8, 4) is 0 Å². The van der Waals surface area contributed by atoms with Gasteiger partial charge in [-0.05, 0) is 55.0 Å². The molecule has 25 heavy (non-hydrogen) atoms. The van der Waals surface area contributed by atoms with Crippen LogP contribution in [0.1, 0.15) is 12.8 Å². The van der Waals surface area contributed by atoms with Crippen LogP contribution in [0.3, 0.4) is 0 Å². The number of sulfonamides is 1. The van der Waals surface area contributed by atoms with Gasteiger partial charge in [-0.25, -0.2) is 12.8 Å². The number of benzene rings is 2. The van der Waals surface area contributed by atoms with Crippen molar-refractivity contribution in [1.29, 1.82) is 0 Å². The lowest BCUT2D eigenvalue weighted by molar-refractivity contribution is -0.116. The number of nitrogens with zero attached hydrogens (tertiary/aromatic N) is 1. The summed E-state index contributed by atoms with van der Waals surface area (Å²) in [6.45, 7) is 0.137. The van der Waals surface area contributed by atoms with E-state index in [9.17, 15) is 17.6 Å². The molecule has 0 aromatic heterocycles. The number of rotatable bonds is 7. The molecule has 0 spiro atoms. The maximum atomic E-state index is 13.0. The van der Waals surface area contributed by atoms with Gasteiger partial charge in [0.05, 0.1) is 11.9 Å². The number of carbonyl (C=O) groups is 1. The summed E-state index contributed by atoms with van der Waals surface area (Å²) in [5.41, 5.74) is 1.05. The van der Waals surface area contributed by atoms with Crippen LogP contribution in [-0.4, -0.2) is 27.1 Å². The minimum atomic E-state index is -3.52. The number of halogens is 2. The molecule has 8 heteroatoms. The third-order valence-electron chi connectivity index (χ3n) is 3.41. The first-order valence-corrected chi connectivity index (χ1v) is 10.2. The van der Waals surface area contributed by atoms with Crippen LogP contribution in [0.5, 0.6) is 0 Å². The number of hydrogen-bond acceptors (Lipinski definition) is 3. The molecule has 1 amide bonds. The van der Waals surface area contributed by atoms with Crippen LogP contribution in [0, 0.1) is 5.82 Å². The molecule has 0 aliphatic rings. The molecule has 0 atom stereocenters. The maximum Gasteiger partial charge on any atom is 0.232 e. The minimum absolute atomic E-state index is 0.137. The number of carbonyl (C=O) groups excluding carboxylic acids is 1. The van der Waals surface area contributed by atoms with Gasteiger partial charge in [0, 0.05) is 23.1 Å². The molecule has 0 aliphatic heterocycles. The van der Waals surface area contributed by atoms with Crippen LogP contribution in [0.2, 0.25) is 0 Å². The van der Waals surface area contributed by atoms with Crippen molar-refractivity contribution < 1.29 is 17.6 Å². The molecule has 134 valence electrons. The Morgan fingerprint density at radius 1 is 1.12 bits per heavy atom. The zero-order valence-electron chi connectivity index (χ0n) is 13.6. The van der Waals surface area contributed by atoms with E-state index < -0.39 is 15.8 Å². The molecule has 0 aliphatic carbocycles. The Kier molecular flexibility index (Phi) is 6.55. The molecule has 2 aromatic carbocycles. The summed E-state index contributed by atoms with van der Waals surface area (Å²) >= 11 is 3.32. The number of amides is 1. The first-order valence-electron chi connectivity index (χ1n) is 7.54. The van der Waals surface area contributed by atoms with Gasteiger partial charge in [-0.3, -0.25) is 9.10 Å². The van der Waals surface area contributed by atoms with E-state index in [1.165, 1.54) is 28.6 Å². The summed E-state index contributed by atoms with van der Waals surface area (Å²) < 4.78 is 39.0. The van der Waals surface area contributed by atoms with Crippen molar-refractivity contribution >= 4 is 43.2 Å². The van der Waals surface area contributed by atoms with Crippen LogP contribution < -0.4 is 9.62 Å². The highest BCUT2D eigenvalue weighted by molar-refractivity contribution is 9.10. The van der Waals surface area contributed by atoms with Gasteiger partial charge in [-0.15, -0.1) is 0 Å². The fourth-order valence-corrected chi connectivity index (χ4v) is 3.46. The Balaban J connectivity index is 1.93. The van der Waals surface area contributed by atoms with Gasteiger partial charge < -0.3 is 5.32 Å². The highest BCUT2D eigenvalue weighted by Crippen LogP contribution is 2.19. The number of anilines is 2. The normalized spacial score (nSPS) is 11.2. The summed E-state index contributed by atoms with van der Waals surface area (Å²) in [5, 5.41) is 2.75. The largest absolute Gasteiger partial charge is 0.326 e. The molecule has 0 unspecified atom stereocenters. The van der Waals surface area contributed by atoms with Crippen molar-refractivity contribution in [2.24, 2.45) is 0 Å². The molecule has 0 radical (unpaired) electrons. The quantitative estimate of drug-likeness (QED) is 0.729. The molecule has 0 fully saturated rings. The van der Waals surface area contributed by atoms with E-state index >= 15 is 0 Å². The molecule has 2 aromatic rings. The molecule has 5 nitrogen and oxygen atoms in total. The van der Waals surface area contributed by atoms with Gasteiger partial charge in [0.15, 0.2) is 0 Å². The third kappa shape index (κ3) is 6.13. The smallest absolute Gasteiger partial charge is 0.232 e. The van der Waals surface area contributed by atoms with E-state index in [2.05, 4.69) is 21.2 Å². The summed E-state index contributed by atoms with van der Waals surface area (Å²) in [6.07, 6.45) is 1.59. The maximum absolute atomic E-state index is 13.0. The fourth-order valence-electron chi connectivity index (χ4n) is 2.23. The Bertz CT molecular complexity index is 824. The van der Waals surface area contributed by atoms with Crippen LogP contribution >= 0.6 is 15.9 Å². The number of nitrogens with one attached hydrogen (secondary N) is 1. The zero-order chi connectivity index (χ0) is 18.4. The third-order valence-corrected chi connectivity index (χ3v) is 5.13. The standard InChI is InChI=1S/C17H18BrFN2O3S/c1-25(23,24)21(16-10-6-14(19)7-11-16)12-2-3-17(22)20-15-8-4-13(18)5-9-15/h4-11H,2-3,12H2,1H3,(H,20,22). The van der Waals surface area contributed by atoms with Gasteiger partial charge in [-0.1, -0.05) is 15.9 Å². The van der Waals surface area contributed by atoms with Crippen molar-refractivity contribution in [2.75, 3.05) is 22.4 Å². The SMILES string of the molecule is CS(=O)(=O)N(CCCC(=O)Nc1ccc(Br)cc1)c1ccc(F)cc1. The summed E-state index contributed by atoms with van der Waals surface area (Å²) in [7, 11) is -3.52. The predicted octanol–water partition coefficient (Wildman–Crippen LogP) is 3.77. The molecule has 1 N–H and O–H groups in total. The van der Waals surface area contributed by atoms with Crippen LogP contribution in [0.4, 0.5) is 15.8 Å². The monoisotopic (exact) mass is 428 g/mol. The van der Waals surface area contributed by atoms with Crippen molar-refractivity contribution in [2.45, 2.75) is 12.8 Å². The lowest BCUT2D eigenvalue weighted by Gasteiger charge is -2.22. The van der Waals surface area contributed by atoms with E-state index in [1.54, 1.807) is 12.1 Å². The predicted molar refractivity (Wildman–Crippen MR) is 101 cm³/mol. The average Bonchev–Trinajstić information content (AvgIpc) is 2.54. The van der Waals surface area contributed by atoms with Gasteiger partial charge >= 0.3 is 0 Å². The Hall–Kier alpha value is -1.93. The molecular weight excluding hydrogens is 411 g/mol. The van der Waals surface area contributed by atoms with Crippen LogP contribution in [-0.2, 0) is 14.8 Å². The van der Waals surface area contributed by atoms with Crippen molar-refractivity contribution in [1.82, 2.24) is 0 Å². The van der Waals surface area contributed by atoms with Crippen molar-refractivity contribution in [3.05, 3.63) is 58.8 Å². The molecule has 0 saturated heterocycles. The summed E-state index contributed by atoms with van der Waals surface area (Å²) in [6, 6.07) is 12.4. The van der Waals surface area contributed by atoms with Gasteiger partial charge in [0.2, 0.25) is 15.9 Å². The Morgan fingerprint density at radius 2 is 1.72 bits per heavy atom. The van der Waals surface area contributed by atoms with E-state index in [1.807, 2.05) is 12.1 Å². The van der Waals surface area contributed by atoms with E-state index in [4.69, 9.17) is 0 Å². The van der Waals surface area contributed by atoms with Gasteiger partial charge in [-0.2, -0.15) is 0 Å². The van der Waals surface area contributed by atoms with Gasteiger partial charge in [0.25, 0.3) is 0 Å². The summed E-state index contributed by atoms with van der Waals surface area (Å²) in [5.74, 6) is -0.638. The topological polar surface area (TPSA) is 66.5 Å². The van der Waals surface area contributed by atoms with Gasteiger partial charge in [0.1, 0.15) is 5.82 Å². The van der Waals surface area contributed by atoms with Crippen molar-refractivity contribution in [3.63, 3.8) is 0 Å². The lowest BCUT2D eigenvalue weighted by Crippen LogP contribution is -2.31. The molecule has 0 saturated carbocycles. The molecular formula is C17H18BrFN2O3S. The number of hydrogen-bond donors (Lipinski definition) is 1. The second-order valence-electron chi connectivity index (χ2n) is 5.47. The zero-order valence-corrected chi connectivity index (χ0v) is 16.0. The first kappa shape index (κ1) is 19.4. The molecule has 0 bridgehead atoms. The summed E-state index contributed by atoms with van der Waals surface area (Å²) in [4.78, 5) is 12.0. The first-order chi connectivity index (χ1) is 11.8. The highest BCUT2D eigenvalue weighted by atomic mass is 79.9. The Morgan fingerprint density at radius 3 is 2.28 bits per heavy atom. The highest BCUT2D eigenvalue weighted by Gasteiger charge is 2.17. The van der Waals surface area contributed by atoms with Crippen LogP contribution in [0.25, 0.3) is 0 Å².